The summed E-state index contributed by atoms with van der Waals surface area (Å²) in [6.45, 7) is 5.39. The molecule has 0 saturated carbocycles. The Hall–Kier alpha value is -1.82. The van der Waals surface area contributed by atoms with Gasteiger partial charge < -0.3 is 15.1 Å². The molecule has 102 valence electrons. The van der Waals surface area contributed by atoms with Crippen molar-refractivity contribution in [2.24, 2.45) is 4.99 Å². The molecular formula is C13H18N4OS. The number of thiazole rings is 1. The van der Waals surface area contributed by atoms with Crippen LogP contribution < -0.4 is 10.6 Å². The zero-order valence-electron chi connectivity index (χ0n) is 11.4. The predicted molar refractivity (Wildman–Crippen MR) is 77.3 cm³/mol. The molecule has 0 aliphatic heterocycles. The summed E-state index contributed by atoms with van der Waals surface area (Å²) >= 11 is 1.71. The molecule has 0 unspecified atom stereocenters. The molecule has 2 aromatic heterocycles. The maximum Gasteiger partial charge on any atom is 0.191 e. The smallest absolute Gasteiger partial charge is 0.191 e. The van der Waals surface area contributed by atoms with E-state index in [0.29, 0.717) is 13.1 Å². The summed E-state index contributed by atoms with van der Waals surface area (Å²) in [7, 11) is 1.75. The second kappa shape index (κ2) is 6.38. The van der Waals surface area contributed by atoms with E-state index < -0.39 is 0 Å². The average molecular weight is 278 g/mol. The molecule has 0 fully saturated rings. The number of guanidine groups is 1. The highest BCUT2D eigenvalue weighted by molar-refractivity contribution is 7.11. The van der Waals surface area contributed by atoms with Gasteiger partial charge in [-0.3, -0.25) is 4.99 Å². The molecule has 0 atom stereocenters. The van der Waals surface area contributed by atoms with Crippen molar-refractivity contribution in [3.05, 3.63) is 39.7 Å². The van der Waals surface area contributed by atoms with E-state index in [2.05, 4.69) is 27.5 Å². The first-order valence-corrected chi connectivity index (χ1v) is 6.90. The number of rotatable bonds is 4. The summed E-state index contributed by atoms with van der Waals surface area (Å²) in [5, 5.41) is 7.52. The van der Waals surface area contributed by atoms with Gasteiger partial charge in [0, 0.05) is 11.9 Å². The monoisotopic (exact) mass is 278 g/mol. The summed E-state index contributed by atoms with van der Waals surface area (Å²) in [5.74, 6) is 1.62. The quantitative estimate of drug-likeness (QED) is 0.665. The van der Waals surface area contributed by atoms with Gasteiger partial charge in [-0.1, -0.05) is 0 Å². The topological polar surface area (TPSA) is 62.5 Å². The first kappa shape index (κ1) is 13.6. The van der Waals surface area contributed by atoms with Crippen LogP contribution in [0.15, 0.2) is 27.8 Å². The fraction of sp³-hybridized carbons (Fsp3) is 0.385. The highest BCUT2D eigenvalue weighted by Gasteiger charge is 2.06. The normalized spacial score (nSPS) is 11.6. The maximum atomic E-state index is 5.26. The molecule has 2 heterocycles. The standard InChI is InChI=1S/C13H18N4OS/c1-9-12(17-10(2)19-9)8-16-13(14-3)15-7-11-5-4-6-18-11/h4-6H,7-8H2,1-3H3,(H2,14,15,16). The zero-order valence-corrected chi connectivity index (χ0v) is 12.2. The minimum Gasteiger partial charge on any atom is -0.467 e. The highest BCUT2D eigenvalue weighted by atomic mass is 32.1. The molecule has 6 heteroatoms. The molecule has 2 aromatic rings. The molecule has 0 aliphatic rings. The van der Waals surface area contributed by atoms with Crippen molar-refractivity contribution in [3.63, 3.8) is 0 Å². The van der Waals surface area contributed by atoms with E-state index in [1.54, 1.807) is 24.6 Å². The number of aliphatic imine (C=N–C) groups is 1. The molecule has 19 heavy (non-hydrogen) atoms. The maximum absolute atomic E-state index is 5.26. The molecule has 0 spiro atoms. The van der Waals surface area contributed by atoms with Crippen LogP contribution in [0.4, 0.5) is 0 Å². The van der Waals surface area contributed by atoms with Crippen LogP contribution >= 0.6 is 11.3 Å². The fourth-order valence-electron chi connectivity index (χ4n) is 1.71. The van der Waals surface area contributed by atoms with E-state index in [4.69, 9.17) is 4.42 Å². The average Bonchev–Trinajstić information content (AvgIpc) is 3.00. The van der Waals surface area contributed by atoms with Crippen LogP contribution in [0.2, 0.25) is 0 Å². The SMILES string of the molecule is CN=C(NCc1ccco1)NCc1nc(C)sc1C. The van der Waals surface area contributed by atoms with Crippen LogP contribution in [-0.2, 0) is 13.1 Å². The molecule has 0 bridgehead atoms. The molecule has 2 N–H and O–H groups in total. The summed E-state index contributed by atoms with van der Waals surface area (Å²) in [6, 6.07) is 3.79. The summed E-state index contributed by atoms with van der Waals surface area (Å²) in [5.41, 5.74) is 1.07. The van der Waals surface area contributed by atoms with E-state index in [9.17, 15) is 0 Å². The summed E-state index contributed by atoms with van der Waals surface area (Å²) in [6.07, 6.45) is 1.66. The largest absolute Gasteiger partial charge is 0.467 e. The van der Waals surface area contributed by atoms with Crippen LogP contribution in [0, 0.1) is 13.8 Å². The van der Waals surface area contributed by atoms with Crippen molar-refractivity contribution in [1.29, 1.82) is 0 Å². The third-order valence-corrected chi connectivity index (χ3v) is 3.59. The van der Waals surface area contributed by atoms with E-state index in [-0.39, 0.29) is 0 Å². The number of hydrogen-bond donors (Lipinski definition) is 2. The van der Waals surface area contributed by atoms with Gasteiger partial charge in [0.05, 0.1) is 30.1 Å². The second-order valence-electron chi connectivity index (χ2n) is 4.09. The Kier molecular flexibility index (Phi) is 4.57. The van der Waals surface area contributed by atoms with Crippen LogP contribution in [-0.4, -0.2) is 18.0 Å². The lowest BCUT2D eigenvalue weighted by molar-refractivity contribution is 0.501. The lowest BCUT2D eigenvalue weighted by Gasteiger charge is -2.10. The first-order valence-electron chi connectivity index (χ1n) is 6.09. The van der Waals surface area contributed by atoms with Crippen molar-refractivity contribution >= 4 is 17.3 Å². The highest BCUT2D eigenvalue weighted by Crippen LogP contribution is 2.15. The molecule has 5 nitrogen and oxygen atoms in total. The number of hydrogen-bond acceptors (Lipinski definition) is 4. The van der Waals surface area contributed by atoms with Crippen LogP contribution in [0.5, 0.6) is 0 Å². The molecule has 0 saturated heterocycles. The Morgan fingerprint density at radius 2 is 2.16 bits per heavy atom. The number of nitrogens with zero attached hydrogens (tertiary/aromatic N) is 2. The van der Waals surface area contributed by atoms with Crippen molar-refractivity contribution in [1.82, 2.24) is 15.6 Å². The lowest BCUT2D eigenvalue weighted by atomic mass is 10.4. The van der Waals surface area contributed by atoms with E-state index >= 15 is 0 Å². The minimum atomic E-state index is 0.613. The Balaban J connectivity index is 1.84. The third kappa shape index (κ3) is 3.82. The Labute approximate surface area is 116 Å². The lowest BCUT2D eigenvalue weighted by Crippen LogP contribution is -2.36. The minimum absolute atomic E-state index is 0.613. The number of furan rings is 1. The van der Waals surface area contributed by atoms with Crippen molar-refractivity contribution in [2.45, 2.75) is 26.9 Å². The number of nitrogens with one attached hydrogen (secondary N) is 2. The summed E-state index contributed by atoms with van der Waals surface area (Å²) < 4.78 is 5.26. The van der Waals surface area contributed by atoms with Gasteiger partial charge in [0.15, 0.2) is 5.96 Å². The Morgan fingerprint density at radius 3 is 2.74 bits per heavy atom. The summed E-state index contributed by atoms with van der Waals surface area (Å²) in [4.78, 5) is 9.89. The zero-order chi connectivity index (χ0) is 13.7. The van der Waals surface area contributed by atoms with Crippen molar-refractivity contribution in [2.75, 3.05) is 7.05 Å². The molecule has 0 aliphatic carbocycles. The van der Waals surface area contributed by atoms with Gasteiger partial charge in [0.2, 0.25) is 0 Å². The first-order chi connectivity index (χ1) is 9.19. The van der Waals surface area contributed by atoms with Gasteiger partial charge in [-0.15, -0.1) is 11.3 Å². The van der Waals surface area contributed by atoms with Gasteiger partial charge in [0.25, 0.3) is 0 Å². The van der Waals surface area contributed by atoms with Crippen LogP contribution in [0.3, 0.4) is 0 Å². The Bertz CT molecular complexity index is 545. The van der Waals surface area contributed by atoms with Crippen LogP contribution in [0.1, 0.15) is 21.3 Å². The Morgan fingerprint density at radius 1 is 1.37 bits per heavy atom. The molecule has 0 radical (unpaired) electrons. The van der Waals surface area contributed by atoms with E-state index in [0.717, 1.165) is 22.4 Å². The number of aryl methyl sites for hydroxylation is 2. The fourth-order valence-corrected chi connectivity index (χ4v) is 2.54. The van der Waals surface area contributed by atoms with Gasteiger partial charge >= 0.3 is 0 Å². The van der Waals surface area contributed by atoms with Gasteiger partial charge in [-0.05, 0) is 26.0 Å². The molecule has 0 aromatic carbocycles. The van der Waals surface area contributed by atoms with Crippen molar-refractivity contribution in [3.8, 4) is 0 Å². The van der Waals surface area contributed by atoms with E-state index in [1.807, 2.05) is 19.1 Å². The second-order valence-corrected chi connectivity index (χ2v) is 5.50. The van der Waals surface area contributed by atoms with Gasteiger partial charge in [0.1, 0.15) is 5.76 Å². The third-order valence-electron chi connectivity index (χ3n) is 2.66. The molecular weight excluding hydrogens is 260 g/mol. The number of aromatic nitrogens is 1. The van der Waals surface area contributed by atoms with Gasteiger partial charge in [-0.2, -0.15) is 0 Å². The molecule has 0 amide bonds. The predicted octanol–water partition coefficient (Wildman–Crippen LogP) is 2.22. The molecule has 2 rings (SSSR count). The van der Waals surface area contributed by atoms with Gasteiger partial charge in [-0.25, -0.2) is 4.98 Å². The van der Waals surface area contributed by atoms with Crippen LogP contribution in [0.25, 0.3) is 0 Å². The van der Waals surface area contributed by atoms with E-state index in [1.165, 1.54) is 4.88 Å². The van der Waals surface area contributed by atoms with Crippen molar-refractivity contribution < 1.29 is 4.42 Å².